The van der Waals surface area contributed by atoms with Gasteiger partial charge in [0.05, 0.1) is 10.8 Å². The van der Waals surface area contributed by atoms with Crippen LogP contribution in [0.2, 0.25) is 0 Å². The van der Waals surface area contributed by atoms with Crippen LogP contribution in [0.15, 0.2) is 237 Å². The van der Waals surface area contributed by atoms with E-state index < -0.39 is 10.8 Å². The van der Waals surface area contributed by atoms with E-state index in [1.54, 1.807) is 0 Å². The Morgan fingerprint density at radius 1 is 0.266 bits per heavy atom. The van der Waals surface area contributed by atoms with Crippen molar-refractivity contribution in [3.05, 3.63) is 281 Å². The molecule has 0 fully saturated rings. The van der Waals surface area contributed by atoms with Gasteiger partial charge >= 0.3 is 0 Å². The number of ether oxygens (including phenoxy) is 1. The molecule has 64 heavy (non-hydrogen) atoms. The fourth-order valence-corrected chi connectivity index (χ4v) is 12.1. The number of fused-ring (bicyclic) bond motifs is 19. The second-order valence-corrected chi connectivity index (χ2v) is 17.5. The summed E-state index contributed by atoms with van der Waals surface area (Å²) < 4.78 is 7.05. The Kier molecular flexibility index (Phi) is 7.28. The van der Waals surface area contributed by atoms with E-state index in [0.29, 0.717) is 0 Å². The zero-order valence-corrected chi connectivity index (χ0v) is 34.9. The molecule has 4 aliphatic rings. The predicted molar refractivity (Wildman–Crippen MR) is 260 cm³/mol. The fourth-order valence-electron chi connectivity index (χ4n) is 12.1. The van der Waals surface area contributed by atoms with Gasteiger partial charge in [-0.15, -0.1) is 0 Å². The maximum Gasteiger partial charge on any atom is 0.140 e. The van der Waals surface area contributed by atoms with E-state index in [-0.39, 0.29) is 0 Å². The van der Waals surface area contributed by atoms with Gasteiger partial charge in [-0.05, 0) is 115 Å². The summed E-state index contributed by atoms with van der Waals surface area (Å²) in [6, 6.07) is 87.4. The van der Waals surface area contributed by atoms with Gasteiger partial charge in [0.15, 0.2) is 0 Å². The van der Waals surface area contributed by atoms with Crippen LogP contribution in [-0.4, -0.2) is 0 Å². The van der Waals surface area contributed by atoms with Crippen LogP contribution in [0, 0.1) is 0 Å². The average molecular weight is 814 g/mol. The lowest BCUT2D eigenvalue weighted by Crippen LogP contribution is -2.32. The van der Waals surface area contributed by atoms with Gasteiger partial charge < -0.3 is 9.64 Å². The third-order valence-electron chi connectivity index (χ3n) is 14.5. The molecule has 1 aliphatic heterocycles. The SMILES string of the molecule is c1ccc(-c2cccc3c2Oc2ccccc2C32c3ccccc3-c3ccc(N(c4ccccc4)c4ccc5c(c4)C4(c6ccccc6-c6ccccc64)c4ccccc4-5)cc32)cc1. The second-order valence-electron chi connectivity index (χ2n) is 17.5. The highest BCUT2D eigenvalue weighted by atomic mass is 16.5. The van der Waals surface area contributed by atoms with Crippen molar-refractivity contribution in [1.82, 2.24) is 0 Å². The van der Waals surface area contributed by atoms with Crippen molar-refractivity contribution < 1.29 is 4.74 Å². The van der Waals surface area contributed by atoms with Crippen LogP contribution >= 0.6 is 0 Å². The zero-order chi connectivity index (χ0) is 42.0. The van der Waals surface area contributed by atoms with Crippen molar-refractivity contribution in [2.75, 3.05) is 4.90 Å². The smallest absolute Gasteiger partial charge is 0.140 e. The first-order valence-electron chi connectivity index (χ1n) is 22.3. The van der Waals surface area contributed by atoms with Gasteiger partial charge in [0.1, 0.15) is 11.5 Å². The van der Waals surface area contributed by atoms with Crippen LogP contribution < -0.4 is 9.64 Å². The number of hydrogen-bond donors (Lipinski definition) is 0. The van der Waals surface area contributed by atoms with Crippen molar-refractivity contribution >= 4 is 17.1 Å². The quantitative estimate of drug-likeness (QED) is 0.175. The number of para-hydroxylation sites is 3. The molecule has 0 radical (unpaired) electrons. The first-order chi connectivity index (χ1) is 31.8. The molecule has 298 valence electrons. The van der Waals surface area contributed by atoms with Gasteiger partial charge in [-0.2, -0.15) is 0 Å². The molecular weight excluding hydrogens is 775 g/mol. The van der Waals surface area contributed by atoms with E-state index in [9.17, 15) is 0 Å². The van der Waals surface area contributed by atoms with Crippen molar-refractivity contribution in [1.29, 1.82) is 0 Å². The van der Waals surface area contributed by atoms with E-state index in [2.05, 4.69) is 241 Å². The van der Waals surface area contributed by atoms with Gasteiger partial charge in [-0.3, -0.25) is 0 Å². The summed E-state index contributed by atoms with van der Waals surface area (Å²) in [5, 5.41) is 0. The highest BCUT2D eigenvalue weighted by molar-refractivity contribution is 5.97. The molecule has 10 aromatic carbocycles. The summed E-state index contributed by atoms with van der Waals surface area (Å²) >= 11 is 0. The van der Waals surface area contributed by atoms with Crippen molar-refractivity contribution in [2.24, 2.45) is 0 Å². The topological polar surface area (TPSA) is 12.5 Å². The molecule has 1 heterocycles. The lowest BCUT2D eigenvalue weighted by Gasteiger charge is -2.40. The minimum atomic E-state index is -0.639. The maximum absolute atomic E-state index is 7.05. The molecule has 0 amide bonds. The standard InChI is InChI=1S/C62H39NO/c1-3-18-40(19-4-1)44-26-17-32-56-60(44)64-59-33-16-15-31-55(59)62(56)54-30-14-10-25-48(54)50-37-35-43(39-58(50)62)63(41-20-5-2-6-21-41)42-34-36-49-47-24-9-13-29-53(47)61(57(49)38-42)51-27-11-7-22-45(51)46-23-8-12-28-52(46)61/h1-39H. The van der Waals surface area contributed by atoms with E-state index in [0.717, 1.165) is 50.8 Å². The lowest BCUT2D eigenvalue weighted by molar-refractivity contribution is 0.438. The summed E-state index contributed by atoms with van der Waals surface area (Å²) in [7, 11) is 0. The van der Waals surface area contributed by atoms with Gasteiger partial charge in [0.25, 0.3) is 0 Å². The molecule has 2 spiro atoms. The van der Waals surface area contributed by atoms with E-state index in [1.165, 1.54) is 66.8 Å². The lowest BCUT2D eigenvalue weighted by atomic mass is 9.65. The Bertz CT molecular complexity index is 3490. The monoisotopic (exact) mass is 813 g/mol. The van der Waals surface area contributed by atoms with Gasteiger partial charge in [-0.1, -0.05) is 194 Å². The van der Waals surface area contributed by atoms with Crippen LogP contribution in [0.3, 0.4) is 0 Å². The first-order valence-corrected chi connectivity index (χ1v) is 22.3. The van der Waals surface area contributed by atoms with Gasteiger partial charge in [0, 0.05) is 33.8 Å². The first kappa shape index (κ1) is 35.4. The number of hydrogen-bond acceptors (Lipinski definition) is 2. The molecule has 3 aliphatic carbocycles. The van der Waals surface area contributed by atoms with Crippen molar-refractivity contribution in [2.45, 2.75) is 10.8 Å². The second kappa shape index (κ2) is 13.2. The molecule has 0 saturated carbocycles. The maximum atomic E-state index is 7.05. The van der Waals surface area contributed by atoms with Crippen molar-refractivity contribution in [3.63, 3.8) is 0 Å². The highest BCUT2D eigenvalue weighted by Gasteiger charge is 2.53. The molecule has 0 aromatic heterocycles. The third kappa shape index (κ3) is 4.49. The van der Waals surface area contributed by atoms with Crippen LogP contribution in [0.25, 0.3) is 44.5 Å². The number of rotatable bonds is 4. The van der Waals surface area contributed by atoms with Crippen LogP contribution in [0.4, 0.5) is 17.1 Å². The molecule has 0 saturated heterocycles. The number of nitrogens with zero attached hydrogens (tertiary/aromatic N) is 1. The van der Waals surface area contributed by atoms with Gasteiger partial charge in [-0.25, -0.2) is 0 Å². The molecule has 0 bridgehead atoms. The van der Waals surface area contributed by atoms with Crippen molar-refractivity contribution in [3.8, 4) is 56.0 Å². The summed E-state index contributed by atoms with van der Waals surface area (Å²) in [6.07, 6.45) is 0. The Balaban J connectivity index is 1.03. The molecule has 14 rings (SSSR count). The summed E-state index contributed by atoms with van der Waals surface area (Å²) in [4.78, 5) is 2.47. The van der Waals surface area contributed by atoms with Crippen LogP contribution in [-0.2, 0) is 10.8 Å². The van der Waals surface area contributed by atoms with E-state index in [4.69, 9.17) is 4.74 Å². The molecule has 2 nitrogen and oxygen atoms in total. The molecule has 1 unspecified atom stereocenters. The van der Waals surface area contributed by atoms with Crippen LogP contribution in [0.5, 0.6) is 11.5 Å². The van der Waals surface area contributed by atoms with E-state index in [1.807, 2.05) is 0 Å². The molecule has 10 aromatic rings. The molecule has 1 atom stereocenters. The summed E-state index contributed by atoms with van der Waals surface area (Å²) in [5.41, 5.74) is 22.3. The summed E-state index contributed by atoms with van der Waals surface area (Å²) in [6.45, 7) is 0. The fraction of sp³-hybridized carbons (Fsp3) is 0.0323. The molecule has 0 N–H and O–H groups in total. The average Bonchev–Trinajstić information content (AvgIpc) is 3.95. The normalized spacial score (nSPS) is 15.8. The summed E-state index contributed by atoms with van der Waals surface area (Å²) in [5.74, 6) is 1.79. The largest absolute Gasteiger partial charge is 0.456 e. The Hall–Kier alpha value is -8.20. The van der Waals surface area contributed by atoms with Crippen LogP contribution in [0.1, 0.15) is 44.5 Å². The minimum absolute atomic E-state index is 0.451. The Morgan fingerprint density at radius 2 is 0.656 bits per heavy atom. The third-order valence-corrected chi connectivity index (χ3v) is 14.5. The number of anilines is 3. The Morgan fingerprint density at radius 3 is 1.19 bits per heavy atom. The highest BCUT2D eigenvalue weighted by Crippen LogP contribution is 2.65. The minimum Gasteiger partial charge on any atom is -0.456 e. The molecular formula is C62H39NO. The number of benzene rings is 10. The Labute approximate surface area is 373 Å². The predicted octanol–water partition coefficient (Wildman–Crippen LogP) is 15.6. The van der Waals surface area contributed by atoms with E-state index >= 15 is 0 Å². The molecule has 2 heteroatoms. The van der Waals surface area contributed by atoms with Gasteiger partial charge in [0.2, 0.25) is 0 Å². The zero-order valence-electron chi connectivity index (χ0n) is 34.9.